The molecule has 6 nitrogen and oxygen atoms in total. The van der Waals surface area contributed by atoms with Crippen molar-refractivity contribution < 1.29 is 18.3 Å². The summed E-state index contributed by atoms with van der Waals surface area (Å²) < 4.78 is 34.9. The SMILES string of the molecule is CN(Cc1cc(Sc2ccc(Cl)nc2)n(-c2cc(F)ccc2F)n1)C(=O)OC(C)(C)C. The lowest BCUT2D eigenvalue weighted by Crippen LogP contribution is -2.33. The number of aromatic nitrogens is 3. The second-order valence-corrected chi connectivity index (χ2v) is 9.22. The molecule has 0 unspecified atom stereocenters. The Hall–Kier alpha value is -2.65. The zero-order valence-electron chi connectivity index (χ0n) is 17.4. The fourth-order valence-corrected chi connectivity index (χ4v) is 3.59. The molecule has 0 fully saturated rings. The van der Waals surface area contributed by atoms with E-state index in [0.717, 1.165) is 23.1 Å². The second kappa shape index (κ2) is 9.23. The van der Waals surface area contributed by atoms with Crippen molar-refractivity contribution in [2.45, 2.75) is 42.8 Å². The van der Waals surface area contributed by atoms with E-state index in [-0.39, 0.29) is 12.2 Å². The first-order valence-electron chi connectivity index (χ1n) is 9.30. The number of ether oxygens (including phenoxy) is 1. The van der Waals surface area contributed by atoms with Crippen LogP contribution >= 0.6 is 23.4 Å². The van der Waals surface area contributed by atoms with Gasteiger partial charge in [-0.25, -0.2) is 23.2 Å². The van der Waals surface area contributed by atoms with Crippen LogP contribution in [0.4, 0.5) is 13.6 Å². The van der Waals surface area contributed by atoms with Crippen LogP contribution < -0.4 is 0 Å². The largest absolute Gasteiger partial charge is 0.444 e. The molecule has 0 atom stereocenters. The minimum atomic E-state index is -0.641. The Morgan fingerprint density at radius 2 is 1.97 bits per heavy atom. The Labute approximate surface area is 188 Å². The van der Waals surface area contributed by atoms with E-state index in [9.17, 15) is 13.6 Å². The predicted molar refractivity (Wildman–Crippen MR) is 115 cm³/mol. The van der Waals surface area contributed by atoms with Crippen LogP contribution in [-0.4, -0.2) is 38.4 Å². The van der Waals surface area contributed by atoms with Gasteiger partial charge in [0.2, 0.25) is 0 Å². The lowest BCUT2D eigenvalue weighted by Gasteiger charge is -2.24. The molecule has 0 N–H and O–H groups in total. The molecule has 3 rings (SSSR count). The van der Waals surface area contributed by atoms with E-state index < -0.39 is 23.3 Å². The average molecular weight is 467 g/mol. The number of carbonyl (C=O) groups excluding carboxylic acids is 1. The van der Waals surface area contributed by atoms with Crippen LogP contribution in [-0.2, 0) is 11.3 Å². The third-order valence-electron chi connectivity index (χ3n) is 3.89. The van der Waals surface area contributed by atoms with Gasteiger partial charge in [-0.15, -0.1) is 0 Å². The molecule has 31 heavy (non-hydrogen) atoms. The summed E-state index contributed by atoms with van der Waals surface area (Å²) in [6.45, 7) is 5.44. The van der Waals surface area contributed by atoms with Crippen molar-refractivity contribution in [2.24, 2.45) is 0 Å². The van der Waals surface area contributed by atoms with Crippen molar-refractivity contribution in [1.29, 1.82) is 0 Å². The van der Waals surface area contributed by atoms with Gasteiger partial charge in [0.05, 0.1) is 12.2 Å². The molecule has 0 bridgehead atoms. The number of nitrogens with zero attached hydrogens (tertiary/aromatic N) is 4. The summed E-state index contributed by atoms with van der Waals surface area (Å²) in [4.78, 5) is 18.4. The minimum absolute atomic E-state index is 0.0457. The van der Waals surface area contributed by atoms with E-state index in [2.05, 4.69) is 10.1 Å². The Bertz CT molecular complexity index is 1080. The molecule has 0 aliphatic rings. The molecule has 164 valence electrons. The zero-order valence-corrected chi connectivity index (χ0v) is 19.0. The maximum atomic E-state index is 14.5. The zero-order chi connectivity index (χ0) is 22.8. The van der Waals surface area contributed by atoms with Gasteiger partial charge in [-0.3, -0.25) is 0 Å². The van der Waals surface area contributed by atoms with Gasteiger partial charge in [-0.05, 0) is 51.1 Å². The molecule has 2 heterocycles. The van der Waals surface area contributed by atoms with Gasteiger partial charge in [0, 0.05) is 24.2 Å². The normalized spacial score (nSPS) is 11.5. The molecule has 3 aromatic rings. The van der Waals surface area contributed by atoms with Gasteiger partial charge in [-0.2, -0.15) is 5.10 Å². The summed E-state index contributed by atoms with van der Waals surface area (Å²) in [5.41, 5.74) is -0.213. The maximum Gasteiger partial charge on any atom is 0.410 e. The van der Waals surface area contributed by atoms with E-state index in [4.69, 9.17) is 16.3 Å². The lowest BCUT2D eigenvalue weighted by molar-refractivity contribution is 0.0283. The van der Waals surface area contributed by atoms with E-state index in [1.807, 2.05) is 0 Å². The highest BCUT2D eigenvalue weighted by atomic mass is 35.5. The van der Waals surface area contributed by atoms with Gasteiger partial charge < -0.3 is 9.64 Å². The molecule has 1 amide bonds. The number of hydrogen-bond donors (Lipinski definition) is 0. The predicted octanol–water partition coefficient (Wildman–Crippen LogP) is 5.72. The summed E-state index contributed by atoms with van der Waals surface area (Å²) in [6, 6.07) is 8.22. The summed E-state index contributed by atoms with van der Waals surface area (Å²) in [5, 5.41) is 5.26. The number of rotatable bonds is 5. The molecule has 0 saturated carbocycles. The van der Waals surface area contributed by atoms with Gasteiger partial charge in [-0.1, -0.05) is 23.4 Å². The van der Waals surface area contributed by atoms with Gasteiger partial charge in [0.25, 0.3) is 0 Å². The molecule has 10 heteroatoms. The van der Waals surface area contributed by atoms with E-state index in [1.165, 1.54) is 21.3 Å². The highest BCUT2D eigenvalue weighted by molar-refractivity contribution is 7.99. The molecule has 0 aliphatic carbocycles. The molecular formula is C21H21ClF2N4O2S. The first-order valence-corrected chi connectivity index (χ1v) is 10.5. The summed E-state index contributed by atoms with van der Waals surface area (Å²) in [7, 11) is 1.58. The third-order valence-corrected chi connectivity index (χ3v) is 5.09. The number of halogens is 3. The number of pyridine rings is 1. The van der Waals surface area contributed by atoms with Crippen LogP contribution in [0, 0.1) is 11.6 Å². The third kappa shape index (κ3) is 6.18. The summed E-state index contributed by atoms with van der Waals surface area (Å²) in [6.07, 6.45) is 1.05. The lowest BCUT2D eigenvalue weighted by atomic mass is 10.2. The van der Waals surface area contributed by atoms with Gasteiger partial charge >= 0.3 is 6.09 Å². The van der Waals surface area contributed by atoms with Crippen molar-refractivity contribution in [3.05, 3.63) is 65.1 Å². The second-order valence-electron chi connectivity index (χ2n) is 7.74. The fourth-order valence-electron chi connectivity index (χ4n) is 2.57. The number of carbonyl (C=O) groups is 1. The summed E-state index contributed by atoms with van der Waals surface area (Å²) in [5.74, 6) is -1.23. The van der Waals surface area contributed by atoms with Crippen LogP contribution in [0.5, 0.6) is 0 Å². The molecule has 0 aliphatic heterocycles. The Kier molecular flexibility index (Phi) is 6.86. The van der Waals surface area contributed by atoms with Crippen LogP contribution in [0.1, 0.15) is 26.5 Å². The molecule has 1 aromatic carbocycles. The molecule has 2 aromatic heterocycles. The first kappa shape index (κ1) is 23.0. The molecule has 0 spiro atoms. The molecule has 0 saturated heterocycles. The Balaban J connectivity index is 1.94. The van der Waals surface area contributed by atoms with Crippen molar-refractivity contribution in [1.82, 2.24) is 19.7 Å². The quantitative estimate of drug-likeness (QED) is 0.450. The molecular weight excluding hydrogens is 446 g/mol. The van der Waals surface area contributed by atoms with Crippen LogP contribution in [0.3, 0.4) is 0 Å². The van der Waals surface area contributed by atoms with E-state index >= 15 is 0 Å². The van der Waals surface area contributed by atoms with Gasteiger partial charge in [0.1, 0.15) is 33.1 Å². The Morgan fingerprint density at radius 3 is 2.61 bits per heavy atom. The fraction of sp³-hybridized carbons (Fsp3) is 0.286. The van der Waals surface area contributed by atoms with Crippen molar-refractivity contribution in [2.75, 3.05) is 7.05 Å². The van der Waals surface area contributed by atoms with Crippen LogP contribution in [0.15, 0.2) is 52.5 Å². The average Bonchev–Trinajstić information content (AvgIpc) is 3.06. The van der Waals surface area contributed by atoms with Crippen molar-refractivity contribution >= 4 is 29.5 Å². The highest BCUT2D eigenvalue weighted by Crippen LogP contribution is 2.31. The first-order chi connectivity index (χ1) is 14.5. The van der Waals surface area contributed by atoms with E-state index in [0.29, 0.717) is 15.9 Å². The van der Waals surface area contributed by atoms with Crippen LogP contribution in [0.2, 0.25) is 5.15 Å². The maximum absolute atomic E-state index is 14.5. The standard InChI is InChI=1S/C21H21ClF2N4O2S/c1-21(2,3)30-20(29)27(4)12-14-10-19(31-15-6-8-18(22)25-11-15)28(26-14)17-9-13(23)5-7-16(17)24/h5-11H,12H2,1-4H3. The van der Waals surface area contributed by atoms with E-state index in [1.54, 1.807) is 52.2 Å². The molecule has 0 radical (unpaired) electrons. The Morgan fingerprint density at radius 1 is 1.23 bits per heavy atom. The minimum Gasteiger partial charge on any atom is -0.444 e. The summed E-state index contributed by atoms with van der Waals surface area (Å²) >= 11 is 7.09. The topological polar surface area (TPSA) is 60.2 Å². The van der Waals surface area contributed by atoms with Gasteiger partial charge in [0.15, 0.2) is 0 Å². The van der Waals surface area contributed by atoms with Crippen LogP contribution in [0.25, 0.3) is 5.69 Å². The smallest absolute Gasteiger partial charge is 0.410 e. The monoisotopic (exact) mass is 466 g/mol. The van der Waals surface area contributed by atoms with Crippen molar-refractivity contribution in [3.8, 4) is 5.69 Å². The van der Waals surface area contributed by atoms with Crippen molar-refractivity contribution in [3.63, 3.8) is 0 Å². The number of hydrogen-bond acceptors (Lipinski definition) is 5. The number of amides is 1. The number of benzene rings is 1. The highest BCUT2D eigenvalue weighted by Gasteiger charge is 2.22.